The fourth-order valence-electron chi connectivity index (χ4n) is 3.42. The first kappa shape index (κ1) is 16.6. The Bertz CT molecular complexity index is 786. The lowest BCUT2D eigenvalue weighted by Gasteiger charge is -2.37. The van der Waals surface area contributed by atoms with E-state index in [4.69, 9.17) is 4.74 Å². The van der Waals surface area contributed by atoms with Crippen LogP contribution < -0.4 is 9.80 Å². The van der Waals surface area contributed by atoms with Crippen molar-refractivity contribution in [2.75, 3.05) is 50.1 Å². The number of aromatic nitrogens is 4. The third-order valence-electron chi connectivity index (χ3n) is 4.69. The second kappa shape index (κ2) is 6.83. The van der Waals surface area contributed by atoms with Crippen LogP contribution in [0.5, 0.6) is 0 Å². The minimum Gasteiger partial charge on any atom is -0.372 e. The first-order valence-corrected chi connectivity index (χ1v) is 8.57. The maximum absolute atomic E-state index is 12.7. The van der Waals surface area contributed by atoms with Gasteiger partial charge in [0.15, 0.2) is 0 Å². The topological polar surface area (TPSA) is 87.6 Å². The van der Waals surface area contributed by atoms with Gasteiger partial charge >= 0.3 is 0 Å². The summed E-state index contributed by atoms with van der Waals surface area (Å²) < 4.78 is 5.92. The standard InChI is InChI=1S/C17H21N7O2/c1-22(2)17-20-4-3-15(21-17)24-7-8-26-14-11-23(10-13(14)24)16(25)12-9-18-5-6-19-12/h3-6,9,13-14H,7-8,10-11H2,1-2H3/t13-,14+/m0/s1. The Morgan fingerprint density at radius 2 is 2.12 bits per heavy atom. The Balaban J connectivity index is 1.55. The summed E-state index contributed by atoms with van der Waals surface area (Å²) in [6.45, 7) is 2.46. The highest BCUT2D eigenvalue weighted by Crippen LogP contribution is 2.28. The number of fused-ring (bicyclic) bond motifs is 1. The first-order chi connectivity index (χ1) is 12.6. The van der Waals surface area contributed by atoms with Crippen LogP contribution in [0.2, 0.25) is 0 Å². The average Bonchev–Trinajstić information content (AvgIpc) is 3.12. The Hall–Kier alpha value is -2.81. The van der Waals surface area contributed by atoms with Gasteiger partial charge < -0.3 is 19.4 Å². The van der Waals surface area contributed by atoms with Crippen molar-refractivity contribution in [3.8, 4) is 0 Å². The molecule has 9 heteroatoms. The number of likely N-dealkylation sites (tertiary alicyclic amines) is 1. The van der Waals surface area contributed by atoms with E-state index in [1.165, 1.54) is 12.4 Å². The van der Waals surface area contributed by atoms with Gasteiger partial charge in [-0.15, -0.1) is 0 Å². The number of nitrogens with zero attached hydrogens (tertiary/aromatic N) is 7. The summed E-state index contributed by atoms with van der Waals surface area (Å²) in [6.07, 6.45) is 6.31. The van der Waals surface area contributed by atoms with Gasteiger partial charge in [-0.2, -0.15) is 4.98 Å². The van der Waals surface area contributed by atoms with Gasteiger partial charge in [0, 0.05) is 52.3 Å². The molecule has 0 aliphatic carbocycles. The summed E-state index contributed by atoms with van der Waals surface area (Å²) >= 11 is 0. The molecule has 2 aromatic rings. The minimum atomic E-state index is -0.118. The molecular weight excluding hydrogens is 334 g/mol. The maximum Gasteiger partial charge on any atom is 0.274 e. The largest absolute Gasteiger partial charge is 0.372 e. The lowest BCUT2D eigenvalue weighted by molar-refractivity contribution is 0.0299. The number of hydrogen-bond acceptors (Lipinski definition) is 8. The molecule has 0 N–H and O–H groups in total. The minimum absolute atomic E-state index is 0.0397. The predicted octanol–water partition coefficient (Wildman–Crippen LogP) is 0.0624. The molecule has 2 atom stereocenters. The molecule has 0 saturated carbocycles. The molecule has 4 rings (SSSR count). The number of anilines is 2. The van der Waals surface area contributed by atoms with Crippen LogP contribution in [0.15, 0.2) is 30.9 Å². The zero-order valence-electron chi connectivity index (χ0n) is 14.8. The number of hydrogen-bond donors (Lipinski definition) is 0. The normalized spacial score (nSPS) is 22.2. The first-order valence-electron chi connectivity index (χ1n) is 8.57. The Morgan fingerprint density at radius 1 is 1.23 bits per heavy atom. The monoisotopic (exact) mass is 355 g/mol. The van der Waals surface area contributed by atoms with Gasteiger partial charge in [0.2, 0.25) is 5.95 Å². The molecule has 1 amide bonds. The number of amides is 1. The lowest BCUT2D eigenvalue weighted by Crippen LogP contribution is -2.51. The van der Waals surface area contributed by atoms with Crippen LogP contribution in [-0.4, -0.2) is 83.2 Å². The van der Waals surface area contributed by atoms with Crippen LogP contribution in [0.3, 0.4) is 0 Å². The Kier molecular flexibility index (Phi) is 4.37. The smallest absolute Gasteiger partial charge is 0.274 e. The molecule has 9 nitrogen and oxygen atoms in total. The molecule has 0 radical (unpaired) electrons. The van der Waals surface area contributed by atoms with E-state index >= 15 is 0 Å². The van der Waals surface area contributed by atoms with Gasteiger partial charge in [-0.1, -0.05) is 0 Å². The van der Waals surface area contributed by atoms with Crippen LogP contribution in [-0.2, 0) is 4.74 Å². The summed E-state index contributed by atoms with van der Waals surface area (Å²) in [5.74, 6) is 1.40. The summed E-state index contributed by atoms with van der Waals surface area (Å²) in [4.78, 5) is 35.6. The molecule has 2 aromatic heterocycles. The van der Waals surface area contributed by atoms with Crippen molar-refractivity contribution >= 4 is 17.7 Å². The average molecular weight is 355 g/mol. The maximum atomic E-state index is 12.7. The zero-order valence-corrected chi connectivity index (χ0v) is 14.8. The molecule has 0 spiro atoms. The number of ether oxygens (including phenoxy) is 1. The quantitative estimate of drug-likeness (QED) is 0.764. The highest BCUT2D eigenvalue weighted by molar-refractivity contribution is 5.92. The van der Waals surface area contributed by atoms with E-state index in [0.29, 0.717) is 31.3 Å². The van der Waals surface area contributed by atoms with Gasteiger partial charge in [-0.3, -0.25) is 9.78 Å². The number of carbonyl (C=O) groups is 1. The zero-order chi connectivity index (χ0) is 18.1. The van der Waals surface area contributed by atoms with Gasteiger partial charge in [-0.25, -0.2) is 9.97 Å². The highest BCUT2D eigenvalue weighted by atomic mass is 16.5. The number of morpholine rings is 1. The van der Waals surface area contributed by atoms with E-state index in [2.05, 4.69) is 24.8 Å². The molecule has 2 saturated heterocycles. The van der Waals surface area contributed by atoms with E-state index in [0.717, 1.165) is 12.4 Å². The van der Waals surface area contributed by atoms with Crippen LogP contribution in [0, 0.1) is 0 Å². The molecule has 0 unspecified atom stereocenters. The van der Waals surface area contributed by atoms with E-state index in [1.807, 2.05) is 25.1 Å². The fourth-order valence-corrected chi connectivity index (χ4v) is 3.42. The van der Waals surface area contributed by atoms with Crippen molar-refractivity contribution in [3.05, 3.63) is 36.5 Å². The lowest BCUT2D eigenvalue weighted by atomic mass is 10.1. The van der Waals surface area contributed by atoms with Gasteiger partial charge in [0.25, 0.3) is 5.91 Å². The number of rotatable bonds is 3. The SMILES string of the molecule is CN(C)c1nccc(N2CCO[C@@H]3CN(C(=O)c4cnccn4)C[C@@H]32)n1. The van der Waals surface area contributed by atoms with Crippen molar-refractivity contribution in [3.63, 3.8) is 0 Å². The molecule has 26 heavy (non-hydrogen) atoms. The molecule has 4 heterocycles. The third-order valence-corrected chi connectivity index (χ3v) is 4.69. The van der Waals surface area contributed by atoms with E-state index in [9.17, 15) is 4.79 Å². The van der Waals surface area contributed by atoms with Crippen molar-refractivity contribution in [2.24, 2.45) is 0 Å². The molecule has 0 bridgehead atoms. The summed E-state index contributed by atoms with van der Waals surface area (Å²) in [5.41, 5.74) is 0.356. The fraction of sp³-hybridized carbons (Fsp3) is 0.471. The van der Waals surface area contributed by atoms with Crippen molar-refractivity contribution in [1.29, 1.82) is 0 Å². The van der Waals surface area contributed by atoms with Crippen LogP contribution in [0.1, 0.15) is 10.5 Å². The Morgan fingerprint density at radius 3 is 2.88 bits per heavy atom. The van der Waals surface area contributed by atoms with Gasteiger partial charge in [0.05, 0.1) is 24.9 Å². The molecular formula is C17H21N7O2. The van der Waals surface area contributed by atoms with Crippen LogP contribution in [0.25, 0.3) is 0 Å². The second-order valence-corrected chi connectivity index (χ2v) is 6.58. The van der Waals surface area contributed by atoms with Gasteiger partial charge in [0.1, 0.15) is 11.5 Å². The van der Waals surface area contributed by atoms with Crippen molar-refractivity contribution in [1.82, 2.24) is 24.8 Å². The molecule has 0 aromatic carbocycles. The molecule has 2 aliphatic heterocycles. The molecule has 2 aliphatic rings. The molecule has 2 fully saturated rings. The van der Waals surface area contributed by atoms with Crippen LogP contribution in [0.4, 0.5) is 11.8 Å². The van der Waals surface area contributed by atoms with E-state index in [-0.39, 0.29) is 18.1 Å². The highest BCUT2D eigenvalue weighted by Gasteiger charge is 2.42. The third kappa shape index (κ3) is 3.05. The van der Waals surface area contributed by atoms with Gasteiger partial charge in [-0.05, 0) is 6.07 Å². The summed E-state index contributed by atoms with van der Waals surface area (Å²) in [6, 6.07) is 1.97. The van der Waals surface area contributed by atoms with Crippen LogP contribution >= 0.6 is 0 Å². The summed E-state index contributed by atoms with van der Waals surface area (Å²) in [5, 5.41) is 0. The van der Waals surface area contributed by atoms with Crippen molar-refractivity contribution < 1.29 is 9.53 Å². The number of carbonyl (C=O) groups excluding carboxylic acids is 1. The summed E-state index contributed by atoms with van der Waals surface area (Å²) in [7, 11) is 3.83. The predicted molar refractivity (Wildman–Crippen MR) is 95.2 cm³/mol. The molecule has 136 valence electrons. The van der Waals surface area contributed by atoms with Crippen molar-refractivity contribution in [2.45, 2.75) is 12.1 Å². The van der Waals surface area contributed by atoms with E-state index in [1.54, 1.807) is 17.3 Å². The Labute approximate surface area is 151 Å². The van der Waals surface area contributed by atoms with E-state index < -0.39 is 0 Å². The second-order valence-electron chi connectivity index (χ2n) is 6.58.